The summed E-state index contributed by atoms with van der Waals surface area (Å²) in [6.07, 6.45) is -9.94. The summed E-state index contributed by atoms with van der Waals surface area (Å²) in [5, 5.41) is 24.4. The van der Waals surface area contributed by atoms with Crippen LogP contribution >= 0.6 is 0 Å². The van der Waals surface area contributed by atoms with Gasteiger partial charge < -0.3 is 21.3 Å². The van der Waals surface area contributed by atoms with Crippen molar-refractivity contribution in [1.29, 1.82) is 0 Å². The molecule has 0 radical (unpaired) electrons. The fourth-order valence-corrected chi connectivity index (χ4v) is 18.5. The Morgan fingerprint density at radius 3 is 1.08 bits per heavy atom. The van der Waals surface area contributed by atoms with Gasteiger partial charge in [-0.15, -0.1) is 0 Å². The molecule has 17 aromatic carbocycles. The summed E-state index contributed by atoms with van der Waals surface area (Å²) in [6.45, 7) is 13.1. The van der Waals surface area contributed by atoms with Gasteiger partial charge in [0.05, 0.1) is 80.8 Å². The Morgan fingerprint density at radius 2 is 0.596 bits per heavy atom. The smallest absolute Gasteiger partial charge is 0.373 e. The van der Waals surface area contributed by atoms with Crippen molar-refractivity contribution in [3.63, 3.8) is 0 Å². The van der Waals surface area contributed by atoms with Crippen molar-refractivity contribution in [2.24, 2.45) is 0 Å². The van der Waals surface area contributed by atoms with Gasteiger partial charge in [0.2, 0.25) is 0 Å². The van der Waals surface area contributed by atoms with Gasteiger partial charge in [0.1, 0.15) is 0 Å². The summed E-state index contributed by atoms with van der Waals surface area (Å²) in [5.41, 5.74) is 23.7. The van der Waals surface area contributed by atoms with E-state index in [2.05, 4.69) is 396 Å². The number of nitrogens with zero attached hydrogens (tertiary/aromatic N) is 4. The molecule has 4 atom stereocenters. The van der Waals surface area contributed by atoms with Gasteiger partial charge in [0.25, 0.3) is 0 Å². The van der Waals surface area contributed by atoms with Crippen LogP contribution in [0.5, 0.6) is 0 Å². The Balaban J connectivity index is 0.000000125. The van der Waals surface area contributed by atoms with Crippen molar-refractivity contribution in [3.8, 4) is 56.2 Å². The molecule has 694 valence electrons. The van der Waals surface area contributed by atoms with Gasteiger partial charge in [0.15, 0.2) is 0 Å². The van der Waals surface area contributed by atoms with Crippen LogP contribution < -0.4 is 21.3 Å². The number of hydrogen-bond donors (Lipinski definition) is 4. The van der Waals surface area contributed by atoms with E-state index in [1.165, 1.54) is 93.3 Å². The lowest BCUT2D eigenvalue weighted by atomic mass is 9.90. The molecule has 4 aromatic heterocycles. The molecule has 21 aromatic rings. The predicted molar refractivity (Wildman–Crippen MR) is 571 cm³/mol. The monoisotopic (exact) mass is 1850 g/mol. The van der Waals surface area contributed by atoms with Crippen molar-refractivity contribution in [1.82, 2.24) is 19.9 Å². The zero-order valence-corrected chi connectivity index (χ0v) is 78.9. The highest BCUT2D eigenvalue weighted by molar-refractivity contribution is 6.04. The molecule has 0 aliphatic heterocycles. The van der Waals surface area contributed by atoms with Crippen LogP contribution in [0, 0.1) is 27.7 Å². The summed E-state index contributed by atoms with van der Waals surface area (Å²) >= 11 is 0. The first kappa shape index (κ1) is 94.5. The largest absolute Gasteiger partial charge is 0.416 e. The maximum atomic E-state index is 13.6. The van der Waals surface area contributed by atoms with Crippen LogP contribution in [-0.2, 0) is 12.4 Å². The SMILES string of the molecule is CC(C)c1ccc(NC(c2cccc(-c3ccccc3)n2)c2c3ccccc3cc3ccccc23)cc1.Cc1cc(C)c(NC(c2ccccc2)c2cccc(-c3cccc4ccccc34)n2)c(C)c1.Cc1ccc2ccccc2c1NC(c1ccccc1)c1cccc(-c2ccccc2)n1.FC(F)(F)c1cc(NC(c2cccc(-c3ccccc3)n2)c2ccccc2-c2ccccc2)cc(C(F)(F)F)c1. The highest BCUT2D eigenvalue weighted by atomic mass is 19.4. The molecule has 0 spiro atoms. The van der Waals surface area contributed by atoms with Crippen molar-refractivity contribution in [3.05, 3.63) is 551 Å². The first-order valence-corrected chi connectivity index (χ1v) is 47.3. The number of aromatic nitrogens is 4. The molecule has 0 amide bonds. The first-order chi connectivity index (χ1) is 68.7. The molecule has 4 N–H and O–H groups in total. The van der Waals surface area contributed by atoms with Crippen LogP contribution in [0.15, 0.2) is 467 Å². The van der Waals surface area contributed by atoms with E-state index in [9.17, 15) is 26.3 Å². The third-order valence-corrected chi connectivity index (χ3v) is 25.4. The second-order valence-corrected chi connectivity index (χ2v) is 35.6. The molecule has 0 aliphatic rings. The molecular formula is C127H104F6N8. The molecule has 0 aliphatic carbocycles. The topological polar surface area (TPSA) is 99.7 Å². The minimum absolute atomic E-state index is 0.0544. The van der Waals surface area contributed by atoms with E-state index in [0.29, 0.717) is 35.0 Å². The van der Waals surface area contributed by atoms with Crippen molar-refractivity contribution in [2.75, 3.05) is 21.3 Å². The maximum absolute atomic E-state index is 13.6. The van der Waals surface area contributed by atoms with Crippen molar-refractivity contribution >= 4 is 65.8 Å². The molecular weight excluding hydrogens is 1750 g/mol. The van der Waals surface area contributed by atoms with Gasteiger partial charge in [-0.2, -0.15) is 26.3 Å². The van der Waals surface area contributed by atoms with E-state index < -0.39 is 29.5 Å². The van der Waals surface area contributed by atoms with Crippen LogP contribution in [0.25, 0.3) is 99.2 Å². The highest BCUT2D eigenvalue weighted by Crippen LogP contribution is 2.45. The number of benzene rings is 17. The van der Waals surface area contributed by atoms with Gasteiger partial charge in [0, 0.05) is 50.4 Å². The molecule has 0 fully saturated rings. The molecule has 4 unspecified atom stereocenters. The summed E-state index contributed by atoms with van der Waals surface area (Å²) in [6, 6.07) is 153. The Hall–Kier alpha value is -16.8. The normalized spacial score (nSPS) is 12.2. The number of rotatable bonds is 22. The molecule has 8 nitrogen and oxygen atoms in total. The summed E-state index contributed by atoms with van der Waals surface area (Å²) in [7, 11) is 0. The summed E-state index contributed by atoms with van der Waals surface area (Å²) < 4.78 is 81.8. The average molecular weight is 1860 g/mol. The lowest BCUT2D eigenvalue weighted by molar-refractivity contribution is -0.143. The Bertz CT molecular complexity index is 7750. The van der Waals surface area contributed by atoms with Crippen LogP contribution in [0.1, 0.15) is 128 Å². The average Bonchev–Trinajstić information content (AvgIpc) is 0.751. The number of pyridine rings is 4. The predicted octanol–water partition coefficient (Wildman–Crippen LogP) is 34.5. The van der Waals surface area contributed by atoms with Gasteiger partial charge in [-0.1, -0.05) is 402 Å². The Morgan fingerprint density at radius 1 is 0.234 bits per heavy atom. The Labute approximate surface area is 819 Å². The number of anilines is 4. The van der Waals surface area contributed by atoms with Crippen LogP contribution in [0.4, 0.5) is 49.1 Å². The van der Waals surface area contributed by atoms with E-state index in [4.69, 9.17) is 19.9 Å². The van der Waals surface area contributed by atoms with Crippen molar-refractivity contribution in [2.45, 2.75) is 84.0 Å². The van der Waals surface area contributed by atoms with E-state index in [1.54, 1.807) is 30.3 Å². The number of alkyl halides is 6. The van der Waals surface area contributed by atoms with E-state index in [1.807, 2.05) is 84.9 Å². The number of hydrogen-bond acceptors (Lipinski definition) is 8. The fourth-order valence-electron chi connectivity index (χ4n) is 18.5. The van der Waals surface area contributed by atoms with Crippen LogP contribution in [0.3, 0.4) is 0 Å². The number of aryl methyl sites for hydroxylation is 4. The standard InChI is InChI=1S/C35H30N2.C32H22F6N2.C31H28N2.C29H24N2/c1-24(2)25-19-21-29(22-20-25)36-35(33-18-10-17-32(37-33)26-11-4-3-5-12-26)34-30-15-8-6-13-27(30)23-28-14-7-9-16-31(28)34;33-31(34,35)23-18-24(32(36,37)38)20-25(19-23)39-30(27-15-8-7-14-26(27)21-10-3-1-4-11-21)29-17-9-16-28(40-29)22-12-5-2-6-13-22;1-21-19-22(2)30(23(3)20-21)33-31(25-12-5-4-6-13-25)29-18-10-17-28(32-29)27-16-9-14-24-11-7-8-15-26(24)27;1-21-19-20-22-11-8-9-16-25(22)28(21)31-29(24-14-6-3-7-15-24)27-18-10-17-26(30-27)23-12-4-2-5-13-23/h3-24,35-36H,1-2H3;1-20,30,39H;4-20,31,33H,1-3H3;2-20,29,31H,1H3. The molecule has 4 heterocycles. The first-order valence-electron chi connectivity index (χ1n) is 47.3. The minimum Gasteiger partial charge on any atom is -0.373 e. The summed E-state index contributed by atoms with van der Waals surface area (Å²) in [4.78, 5) is 20.2. The van der Waals surface area contributed by atoms with Crippen LogP contribution in [0.2, 0.25) is 0 Å². The highest BCUT2D eigenvalue weighted by Gasteiger charge is 2.38. The zero-order chi connectivity index (χ0) is 97.4. The molecule has 141 heavy (non-hydrogen) atoms. The quantitative estimate of drug-likeness (QED) is 0.0393. The second-order valence-electron chi connectivity index (χ2n) is 35.6. The fraction of sp³-hybridized carbons (Fsp3) is 0.102. The lowest BCUT2D eigenvalue weighted by Gasteiger charge is -2.25. The zero-order valence-electron chi connectivity index (χ0n) is 78.9. The molecule has 21 rings (SSSR count). The maximum Gasteiger partial charge on any atom is 0.416 e. The molecule has 0 saturated carbocycles. The molecule has 0 saturated heterocycles. The lowest BCUT2D eigenvalue weighted by Crippen LogP contribution is -2.17. The molecule has 0 bridgehead atoms. The number of halogens is 6. The van der Waals surface area contributed by atoms with Gasteiger partial charge in [-0.05, 0) is 212 Å². The van der Waals surface area contributed by atoms with Crippen LogP contribution in [-0.4, -0.2) is 19.9 Å². The summed E-state index contributed by atoms with van der Waals surface area (Å²) in [5.74, 6) is 0.496. The number of nitrogens with one attached hydrogen (secondary N) is 4. The van der Waals surface area contributed by atoms with Gasteiger partial charge >= 0.3 is 12.4 Å². The van der Waals surface area contributed by atoms with Crippen molar-refractivity contribution < 1.29 is 26.3 Å². The van der Waals surface area contributed by atoms with E-state index >= 15 is 0 Å². The van der Waals surface area contributed by atoms with Gasteiger partial charge in [-0.3, -0.25) is 19.9 Å². The van der Waals surface area contributed by atoms with E-state index in [-0.39, 0.29) is 29.9 Å². The second kappa shape index (κ2) is 43.2. The minimum atomic E-state index is -4.97. The third kappa shape index (κ3) is 22.5. The van der Waals surface area contributed by atoms with E-state index in [0.717, 1.165) is 78.9 Å². The van der Waals surface area contributed by atoms with Gasteiger partial charge in [-0.25, -0.2) is 0 Å². The Kier molecular flexibility index (Phi) is 29.0. The molecule has 14 heteroatoms. The number of fused-ring (bicyclic) bond motifs is 4. The third-order valence-electron chi connectivity index (χ3n) is 25.4.